The number of nitrogens with one attached hydrogen (secondary N) is 2. The van der Waals surface area contributed by atoms with Crippen molar-refractivity contribution in [1.82, 2.24) is 20.1 Å². The maximum atomic E-state index is 14.9. The number of hydrogen-bond donors (Lipinski definition) is 5. The minimum atomic E-state index is -0.983. The number of aliphatic hydroxyl groups is 1. The van der Waals surface area contributed by atoms with Gasteiger partial charge >= 0.3 is 0 Å². The highest BCUT2D eigenvalue weighted by Gasteiger charge is 2.37. The lowest BCUT2D eigenvalue weighted by Gasteiger charge is -2.41. The lowest BCUT2D eigenvalue weighted by Crippen LogP contribution is -2.48. The SMILES string of the molecule is CC(C)(C)[C@H](c1cc(-c2cc(F)ccc2F)cn1Cc1ccccc1)N(CCC(N)C(=O)NCCNC(=O)CN)C(=O)CO. The number of hydrogen-bond acceptors (Lipinski definition) is 6. The molecule has 10 nitrogen and oxygen atoms in total. The highest BCUT2D eigenvalue weighted by molar-refractivity contribution is 5.82. The first-order valence-electron chi connectivity index (χ1n) is 14.5. The third-order valence-electron chi connectivity index (χ3n) is 7.18. The van der Waals surface area contributed by atoms with Gasteiger partial charge in [0.2, 0.25) is 17.7 Å². The van der Waals surface area contributed by atoms with Crippen LogP contribution in [-0.2, 0) is 20.9 Å². The van der Waals surface area contributed by atoms with Crippen LogP contribution in [0.5, 0.6) is 0 Å². The summed E-state index contributed by atoms with van der Waals surface area (Å²) in [5, 5.41) is 15.2. The van der Waals surface area contributed by atoms with Crippen molar-refractivity contribution in [3.63, 3.8) is 0 Å². The van der Waals surface area contributed by atoms with Crippen LogP contribution in [-0.4, -0.2) is 71.1 Å². The van der Waals surface area contributed by atoms with E-state index in [9.17, 15) is 28.3 Å². The second-order valence-corrected chi connectivity index (χ2v) is 11.6. The van der Waals surface area contributed by atoms with Crippen LogP contribution in [0.4, 0.5) is 8.78 Å². The van der Waals surface area contributed by atoms with Crippen molar-refractivity contribution in [2.45, 2.75) is 45.8 Å². The van der Waals surface area contributed by atoms with Gasteiger partial charge in [0.05, 0.1) is 18.6 Å². The molecule has 0 fully saturated rings. The molecule has 0 radical (unpaired) electrons. The van der Waals surface area contributed by atoms with E-state index >= 15 is 0 Å². The van der Waals surface area contributed by atoms with Gasteiger partial charge in [-0.1, -0.05) is 51.1 Å². The maximum Gasteiger partial charge on any atom is 0.248 e. The van der Waals surface area contributed by atoms with E-state index < -0.39 is 47.6 Å². The molecule has 0 saturated carbocycles. The molecule has 7 N–H and O–H groups in total. The highest BCUT2D eigenvalue weighted by Crippen LogP contribution is 2.41. The predicted octanol–water partition coefficient (Wildman–Crippen LogP) is 2.30. The van der Waals surface area contributed by atoms with Gasteiger partial charge in [0.25, 0.3) is 0 Å². The Morgan fingerprint density at radius 1 is 1.02 bits per heavy atom. The van der Waals surface area contributed by atoms with Crippen molar-refractivity contribution in [2.75, 3.05) is 32.8 Å². The topological polar surface area (TPSA) is 156 Å². The Balaban J connectivity index is 1.97. The average molecular weight is 613 g/mol. The van der Waals surface area contributed by atoms with Crippen LogP contribution in [0.2, 0.25) is 0 Å². The summed E-state index contributed by atoms with van der Waals surface area (Å²) in [6.07, 6.45) is 1.80. The van der Waals surface area contributed by atoms with Gasteiger partial charge in [-0.15, -0.1) is 0 Å². The van der Waals surface area contributed by atoms with Gasteiger partial charge in [-0.2, -0.15) is 0 Å². The molecule has 12 heteroatoms. The van der Waals surface area contributed by atoms with Gasteiger partial charge in [-0.3, -0.25) is 14.4 Å². The number of halogens is 2. The summed E-state index contributed by atoms with van der Waals surface area (Å²) in [6, 6.07) is 12.9. The molecule has 1 unspecified atom stereocenters. The van der Waals surface area contributed by atoms with Gasteiger partial charge in [-0.05, 0) is 41.7 Å². The van der Waals surface area contributed by atoms with Crippen molar-refractivity contribution in [2.24, 2.45) is 16.9 Å². The summed E-state index contributed by atoms with van der Waals surface area (Å²) in [6.45, 7) is 5.59. The number of aliphatic hydroxyl groups excluding tert-OH is 1. The molecule has 3 amide bonds. The van der Waals surface area contributed by atoms with Crippen LogP contribution in [0, 0.1) is 17.0 Å². The number of carbonyl (C=O) groups excluding carboxylic acids is 3. The number of carbonyl (C=O) groups is 3. The molecule has 44 heavy (non-hydrogen) atoms. The summed E-state index contributed by atoms with van der Waals surface area (Å²) in [4.78, 5) is 38.7. The van der Waals surface area contributed by atoms with E-state index in [2.05, 4.69) is 10.6 Å². The summed E-state index contributed by atoms with van der Waals surface area (Å²) >= 11 is 0. The van der Waals surface area contributed by atoms with Gasteiger partial charge in [-0.25, -0.2) is 8.78 Å². The second-order valence-electron chi connectivity index (χ2n) is 11.6. The van der Waals surface area contributed by atoms with E-state index in [1.807, 2.05) is 55.7 Å². The number of benzene rings is 2. The Labute approximate surface area is 256 Å². The monoisotopic (exact) mass is 612 g/mol. The molecule has 0 aliphatic heterocycles. The molecule has 1 aromatic heterocycles. The van der Waals surface area contributed by atoms with Crippen molar-refractivity contribution in [3.8, 4) is 11.1 Å². The van der Waals surface area contributed by atoms with Gasteiger partial charge in [0.15, 0.2) is 0 Å². The highest BCUT2D eigenvalue weighted by atomic mass is 19.1. The quantitative estimate of drug-likeness (QED) is 0.176. The molecular formula is C32H42F2N6O4. The van der Waals surface area contributed by atoms with E-state index in [1.165, 1.54) is 4.90 Å². The summed E-state index contributed by atoms with van der Waals surface area (Å²) in [5.74, 6) is -2.57. The number of nitrogens with zero attached hydrogens (tertiary/aromatic N) is 2. The lowest BCUT2D eigenvalue weighted by molar-refractivity contribution is -0.140. The van der Waals surface area contributed by atoms with Gasteiger partial charge in [0, 0.05) is 49.2 Å². The molecule has 3 aromatic rings. The standard InChI is InChI=1S/C32H42F2N6O4/c1-32(2,3)30(40(29(43)20-41)14-11-26(36)31(44)38-13-12-37-28(42)17-35)27-15-22(24-16-23(33)9-10-25(24)34)19-39(27)18-21-7-5-4-6-8-21/h4-10,15-16,19,26,30,41H,11-14,17-18,20,35-36H2,1-3H3,(H,37,42)(H,38,44)/t26?,30-/m0/s1. The Hall–Kier alpha value is -4.13. The summed E-state index contributed by atoms with van der Waals surface area (Å²) in [5.41, 5.74) is 12.9. The second kappa shape index (κ2) is 15.6. The first kappa shape index (κ1) is 34.4. The van der Waals surface area contributed by atoms with E-state index in [4.69, 9.17) is 11.5 Å². The average Bonchev–Trinajstić information content (AvgIpc) is 3.39. The van der Waals surface area contributed by atoms with Gasteiger partial charge < -0.3 is 36.7 Å². The molecule has 2 atom stereocenters. The fourth-order valence-electron chi connectivity index (χ4n) is 5.10. The normalized spacial score (nSPS) is 12.8. The predicted molar refractivity (Wildman–Crippen MR) is 164 cm³/mol. The fraction of sp³-hybridized carbons (Fsp3) is 0.406. The zero-order valence-corrected chi connectivity index (χ0v) is 25.4. The lowest BCUT2D eigenvalue weighted by atomic mass is 9.82. The molecule has 0 saturated heterocycles. The summed E-state index contributed by atoms with van der Waals surface area (Å²) in [7, 11) is 0. The largest absolute Gasteiger partial charge is 0.387 e. The molecule has 3 rings (SSSR count). The van der Waals surface area contributed by atoms with E-state index in [0.717, 1.165) is 23.8 Å². The molecule has 0 spiro atoms. The molecular weight excluding hydrogens is 570 g/mol. The molecule has 0 aliphatic rings. The zero-order chi connectivity index (χ0) is 32.4. The zero-order valence-electron chi connectivity index (χ0n) is 25.4. The summed E-state index contributed by atoms with van der Waals surface area (Å²) < 4.78 is 31.0. The molecule has 2 aromatic carbocycles. The number of amides is 3. The Morgan fingerprint density at radius 3 is 2.34 bits per heavy atom. The molecule has 1 heterocycles. The van der Waals surface area contributed by atoms with E-state index in [-0.39, 0.29) is 44.1 Å². The third-order valence-corrected chi connectivity index (χ3v) is 7.18. The van der Waals surface area contributed by atoms with Crippen LogP contribution in [0.15, 0.2) is 60.8 Å². The Morgan fingerprint density at radius 2 is 1.70 bits per heavy atom. The molecule has 238 valence electrons. The minimum Gasteiger partial charge on any atom is -0.387 e. The van der Waals surface area contributed by atoms with Gasteiger partial charge in [0.1, 0.15) is 18.2 Å². The molecule has 0 bridgehead atoms. The van der Waals surface area contributed by atoms with Crippen LogP contribution < -0.4 is 22.1 Å². The maximum absolute atomic E-state index is 14.9. The van der Waals surface area contributed by atoms with E-state index in [0.29, 0.717) is 17.8 Å². The number of rotatable bonds is 14. The Bertz CT molecular complexity index is 1420. The van der Waals surface area contributed by atoms with Crippen LogP contribution in [0.1, 0.15) is 44.5 Å². The van der Waals surface area contributed by atoms with Crippen LogP contribution in [0.25, 0.3) is 11.1 Å². The van der Waals surface area contributed by atoms with Crippen LogP contribution >= 0.6 is 0 Å². The smallest absolute Gasteiger partial charge is 0.248 e. The first-order valence-corrected chi connectivity index (χ1v) is 14.5. The molecule has 0 aliphatic carbocycles. The first-order chi connectivity index (χ1) is 20.8. The van der Waals surface area contributed by atoms with Crippen molar-refractivity contribution >= 4 is 17.7 Å². The number of aromatic nitrogens is 1. The van der Waals surface area contributed by atoms with Crippen LogP contribution in [0.3, 0.4) is 0 Å². The third kappa shape index (κ3) is 9.18. The minimum absolute atomic E-state index is 0.0278. The van der Waals surface area contributed by atoms with Crippen molar-refractivity contribution in [3.05, 3.63) is 83.7 Å². The van der Waals surface area contributed by atoms with E-state index in [1.54, 1.807) is 12.3 Å². The number of nitrogens with two attached hydrogens (primary N) is 2. The van der Waals surface area contributed by atoms with Crippen molar-refractivity contribution < 1.29 is 28.3 Å². The Kier molecular flexibility index (Phi) is 12.1. The fourth-order valence-corrected chi connectivity index (χ4v) is 5.10. The van der Waals surface area contributed by atoms with Crippen molar-refractivity contribution in [1.29, 1.82) is 0 Å².